The molecule has 0 aromatic carbocycles. The van der Waals surface area contributed by atoms with E-state index >= 15 is 0 Å². The number of nitrogens with zero attached hydrogens (tertiary/aromatic N) is 4. The van der Waals surface area contributed by atoms with Crippen LogP contribution in [0.3, 0.4) is 0 Å². The first-order valence-corrected chi connectivity index (χ1v) is 7.58. The highest BCUT2D eigenvalue weighted by Gasteiger charge is 2.16. The van der Waals surface area contributed by atoms with Gasteiger partial charge in [0.05, 0.1) is 11.3 Å². The van der Waals surface area contributed by atoms with Crippen LogP contribution in [0.4, 0.5) is 0 Å². The molecular weight excluding hydrogens is 302 g/mol. The lowest BCUT2D eigenvalue weighted by atomic mass is 10.0. The first-order chi connectivity index (χ1) is 11.6. The second kappa shape index (κ2) is 5.42. The summed E-state index contributed by atoms with van der Waals surface area (Å²) in [5, 5.41) is 5.48. The Kier molecular flexibility index (Phi) is 3.23. The molecule has 0 spiro atoms. The molecule has 118 valence electrons. The van der Waals surface area contributed by atoms with Gasteiger partial charge in [-0.25, -0.2) is 4.98 Å². The van der Waals surface area contributed by atoms with Crippen molar-refractivity contribution in [1.29, 1.82) is 0 Å². The summed E-state index contributed by atoms with van der Waals surface area (Å²) in [5.41, 5.74) is 4.62. The Morgan fingerprint density at radius 2 is 1.92 bits per heavy atom. The van der Waals surface area contributed by atoms with Crippen molar-refractivity contribution in [2.75, 3.05) is 0 Å². The fourth-order valence-electron chi connectivity index (χ4n) is 2.86. The molecule has 0 saturated heterocycles. The minimum Gasteiger partial charge on any atom is -0.329 e. The molecule has 0 unspecified atom stereocenters. The van der Waals surface area contributed by atoms with Crippen molar-refractivity contribution in [2.45, 2.75) is 6.92 Å². The van der Waals surface area contributed by atoms with Gasteiger partial charge in [0.25, 0.3) is 5.56 Å². The molecule has 1 N–H and O–H groups in total. The Balaban J connectivity index is 2.09. The average Bonchev–Trinajstić information content (AvgIpc) is 2.90. The van der Waals surface area contributed by atoms with E-state index in [9.17, 15) is 4.79 Å². The number of aromatic nitrogens is 5. The van der Waals surface area contributed by atoms with Gasteiger partial charge in [0, 0.05) is 36.7 Å². The zero-order chi connectivity index (χ0) is 16.7. The summed E-state index contributed by atoms with van der Waals surface area (Å²) in [6.45, 7) is 2.01. The number of aromatic amines is 1. The molecular formula is C18H15N5O. The minimum absolute atomic E-state index is 0.169. The SMILES string of the molecule is Cc1c2c(-c3ccncc3)cc(-c3ccc[nH]c3=O)nc2nn1C. The largest absolute Gasteiger partial charge is 0.329 e. The third-order valence-corrected chi connectivity index (χ3v) is 4.18. The number of hydrogen-bond donors (Lipinski definition) is 1. The van der Waals surface area contributed by atoms with E-state index in [1.807, 2.05) is 32.2 Å². The summed E-state index contributed by atoms with van der Waals surface area (Å²) in [6, 6.07) is 9.38. The Morgan fingerprint density at radius 1 is 1.12 bits per heavy atom. The van der Waals surface area contributed by atoms with Crippen LogP contribution in [0, 0.1) is 6.92 Å². The highest BCUT2D eigenvalue weighted by atomic mass is 16.1. The fourth-order valence-corrected chi connectivity index (χ4v) is 2.86. The zero-order valence-corrected chi connectivity index (χ0v) is 13.3. The van der Waals surface area contributed by atoms with Gasteiger partial charge < -0.3 is 4.98 Å². The second-order valence-electron chi connectivity index (χ2n) is 5.61. The van der Waals surface area contributed by atoms with Crippen LogP contribution in [0.15, 0.2) is 53.7 Å². The van der Waals surface area contributed by atoms with Crippen LogP contribution in [0.2, 0.25) is 0 Å². The van der Waals surface area contributed by atoms with E-state index in [-0.39, 0.29) is 5.56 Å². The maximum atomic E-state index is 12.1. The standard InChI is InChI=1S/C18H15N5O/c1-11-16-14(12-5-8-19-9-6-12)10-15(21-17(16)22-23(11)2)13-4-3-7-20-18(13)24/h3-10H,1-2H3,(H,20,24). The Labute approximate surface area is 137 Å². The third kappa shape index (κ3) is 2.20. The lowest BCUT2D eigenvalue weighted by Gasteiger charge is -2.07. The highest BCUT2D eigenvalue weighted by molar-refractivity contribution is 5.96. The molecule has 0 amide bonds. The maximum absolute atomic E-state index is 12.1. The lowest BCUT2D eigenvalue weighted by molar-refractivity contribution is 0.748. The molecule has 4 aromatic rings. The number of rotatable bonds is 2. The van der Waals surface area contributed by atoms with Crippen molar-refractivity contribution < 1.29 is 0 Å². The van der Waals surface area contributed by atoms with E-state index in [1.54, 1.807) is 35.4 Å². The van der Waals surface area contributed by atoms with Gasteiger partial charge in [-0.05, 0) is 48.4 Å². The number of nitrogens with one attached hydrogen (secondary N) is 1. The average molecular weight is 317 g/mol. The lowest BCUT2D eigenvalue weighted by Crippen LogP contribution is -2.08. The summed E-state index contributed by atoms with van der Waals surface area (Å²) >= 11 is 0. The topological polar surface area (TPSA) is 76.5 Å². The van der Waals surface area contributed by atoms with Gasteiger partial charge in [0.2, 0.25) is 0 Å². The molecule has 0 saturated carbocycles. The summed E-state index contributed by atoms with van der Waals surface area (Å²) in [4.78, 5) is 23.5. The van der Waals surface area contributed by atoms with E-state index in [1.165, 1.54) is 0 Å². The van der Waals surface area contributed by atoms with Gasteiger partial charge in [-0.3, -0.25) is 14.5 Å². The quantitative estimate of drug-likeness (QED) is 0.616. The van der Waals surface area contributed by atoms with E-state index in [0.717, 1.165) is 22.2 Å². The minimum atomic E-state index is -0.169. The van der Waals surface area contributed by atoms with E-state index in [4.69, 9.17) is 0 Å². The molecule has 4 aromatic heterocycles. The molecule has 4 rings (SSSR count). The predicted molar refractivity (Wildman–Crippen MR) is 92.5 cm³/mol. The van der Waals surface area contributed by atoms with Crippen molar-refractivity contribution in [3.05, 3.63) is 65.0 Å². The van der Waals surface area contributed by atoms with Crippen LogP contribution in [0.1, 0.15) is 5.69 Å². The van der Waals surface area contributed by atoms with E-state index < -0.39 is 0 Å². The molecule has 0 fully saturated rings. The molecule has 0 aliphatic carbocycles. The molecule has 6 nitrogen and oxygen atoms in total. The van der Waals surface area contributed by atoms with E-state index in [0.29, 0.717) is 16.9 Å². The van der Waals surface area contributed by atoms with Gasteiger partial charge in [-0.15, -0.1) is 0 Å². The van der Waals surface area contributed by atoms with Crippen LogP contribution in [0.25, 0.3) is 33.4 Å². The molecule has 0 aliphatic heterocycles. The van der Waals surface area contributed by atoms with Gasteiger partial charge >= 0.3 is 0 Å². The predicted octanol–water partition coefficient (Wildman–Crippen LogP) is 2.69. The first kappa shape index (κ1) is 14.3. The summed E-state index contributed by atoms with van der Waals surface area (Å²) < 4.78 is 1.81. The van der Waals surface area contributed by atoms with Gasteiger partial charge in [0.15, 0.2) is 5.65 Å². The summed E-state index contributed by atoms with van der Waals surface area (Å²) in [6.07, 6.45) is 5.11. The third-order valence-electron chi connectivity index (χ3n) is 4.18. The number of H-pyrrole nitrogens is 1. The Morgan fingerprint density at radius 3 is 2.67 bits per heavy atom. The first-order valence-electron chi connectivity index (χ1n) is 7.58. The summed E-state index contributed by atoms with van der Waals surface area (Å²) in [5.74, 6) is 0. The van der Waals surface area contributed by atoms with Crippen LogP contribution < -0.4 is 5.56 Å². The number of fused-ring (bicyclic) bond motifs is 1. The zero-order valence-electron chi connectivity index (χ0n) is 13.3. The Hall–Kier alpha value is -3.28. The second-order valence-corrected chi connectivity index (χ2v) is 5.61. The fraction of sp³-hybridized carbons (Fsp3) is 0.111. The normalized spacial score (nSPS) is 11.1. The van der Waals surface area contributed by atoms with Gasteiger partial charge in [-0.2, -0.15) is 5.10 Å². The number of pyridine rings is 3. The molecule has 4 heterocycles. The van der Waals surface area contributed by atoms with Crippen LogP contribution >= 0.6 is 0 Å². The molecule has 0 bridgehead atoms. The van der Waals surface area contributed by atoms with Crippen LogP contribution in [-0.4, -0.2) is 24.7 Å². The monoisotopic (exact) mass is 317 g/mol. The van der Waals surface area contributed by atoms with Crippen molar-refractivity contribution in [2.24, 2.45) is 7.05 Å². The highest BCUT2D eigenvalue weighted by Crippen LogP contribution is 2.32. The van der Waals surface area contributed by atoms with Crippen molar-refractivity contribution in [1.82, 2.24) is 24.7 Å². The molecule has 0 aliphatic rings. The molecule has 0 radical (unpaired) electrons. The van der Waals surface area contributed by atoms with Gasteiger partial charge in [0.1, 0.15) is 0 Å². The van der Waals surface area contributed by atoms with E-state index in [2.05, 4.69) is 20.1 Å². The summed E-state index contributed by atoms with van der Waals surface area (Å²) in [7, 11) is 1.89. The van der Waals surface area contributed by atoms with Crippen LogP contribution in [0.5, 0.6) is 0 Å². The van der Waals surface area contributed by atoms with Crippen LogP contribution in [-0.2, 0) is 7.05 Å². The molecule has 24 heavy (non-hydrogen) atoms. The van der Waals surface area contributed by atoms with Crippen molar-refractivity contribution >= 4 is 11.0 Å². The number of aryl methyl sites for hydroxylation is 2. The molecule has 0 atom stereocenters. The van der Waals surface area contributed by atoms with Crippen molar-refractivity contribution in [3.63, 3.8) is 0 Å². The maximum Gasteiger partial charge on any atom is 0.257 e. The molecule has 6 heteroatoms. The van der Waals surface area contributed by atoms with Gasteiger partial charge in [-0.1, -0.05) is 0 Å². The number of hydrogen-bond acceptors (Lipinski definition) is 4. The smallest absolute Gasteiger partial charge is 0.257 e. The Bertz CT molecular complexity index is 1100. The van der Waals surface area contributed by atoms with Crippen molar-refractivity contribution in [3.8, 4) is 22.4 Å².